The first-order chi connectivity index (χ1) is 6.84. The highest BCUT2D eigenvalue weighted by Crippen LogP contribution is 2.32. The maximum atomic E-state index is 12.4. The molecule has 0 unspecified atom stereocenters. The van der Waals surface area contributed by atoms with Gasteiger partial charge in [-0.3, -0.25) is 0 Å². The summed E-state index contributed by atoms with van der Waals surface area (Å²) in [6.45, 7) is -0.433. The highest BCUT2D eigenvalue weighted by Gasteiger charge is 2.31. The molecule has 7 heteroatoms. The van der Waals surface area contributed by atoms with Gasteiger partial charge < -0.3 is 10.8 Å². The van der Waals surface area contributed by atoms with Crippen LogP contribution in [0.5, 0.6) is 0 Å². The summed E-state index contributed by atoms with van der Waals surface area (Å²) in [4.78, 5) is 0. The number of aliphatic hydroxyl groups is 1. The Hall–Kier alpha value is -0.490. The van der Waals surface area contributed by atoms with Crippen molar-refractivity contribution in [2.75, 3.05) is 6.61 Å². The Bertz CT molecular complexity index is 357. The molecule has 16 heavy (non-hydrogen) atoms. The summed E-state index contributed by atoms with van der Waals surface area (Å²) >= 11 is 5.52. The third-order valence-electron chi connectivity index (χ3n) is 1.87. The minimum Gasteiger partial charge on any atom is -0.394 e. The first-order valence-corrected chi connectivity index (χ1v) is 4.46. The van der Waals surface area contributed by atoms with Gasteiger partial charge in [0.15, 0.2) is 0 Å². The Morgan fingerprint density at radius 2 is 1.88 bits per heavy atom. The van der Waals surface area contributed by atoms with Gasteiger partial charge in [0.2, 0.25) is 0 Å². The molecular formula is C9H10Cl2F3NO. The lowest BCUT2D eigenvalue weighted by Gasteiger charge is -2.13. The van der Waals surface area contributed by atoms with Gasteiger partial charge in [-0.1, -0.05) is 11.6 Å². The van der Waals surface area contributed by atoms with Crippen molar-refractivity contribution < 1.29 is 18.3 Å². The lowest BCUT2D eigenvalue weighted by atomic mass is 10.0. The maximum Gasteiger partial charge on any atom is 0.416 e. The largest absolute Gasteiger partial charge is 0.416 e. The fraction of sp³-hybridized carbons (Fsp3) is 0.333. The number of aliphatic hydroxyl groups excluding tert-OH is 1. The maximum absolute atomic E-state index is 12.4. The van der Waals surface area contributed by atoms with Crippen LogP contribution < -0.4 is 5.73 Å². The van der Waals surface area contributed by atoms with Crippen molar-refractivity contribution in [2.45, 2.75) is 12.2 Å². The van der Waals surface area contributed by atoms with Gasteiger partial charge >= 0.3 is 6.18 Å². The van der Waals surface area contributed by atoms with E-state index in [2.05, 4.69) is 0 Å². The van der Waals surface area contributed by atoms with Crippen LogP contribution in [0.4, 0.5) is 13.2 Å². The van der Waals surface area contributed by atoms with Crippen molar-refractivity contribution in [3.63, 3.8) is 0 Å². The molecule has 0 amide bonds. The summed E-state index contributed by atoms with van der Waals surface area (Å²) < 4.78 is 37.1. The predicted molar refractivity (Wildman–Crippen MR) is 57.7 cm³/mol. The zero-order valence-electron chi connectivity index (χ0n) is 7.96. The highest BCUT2D eigenvalue weighted by atomic mass is 35.5. The highest BCUT2D eigenvalue weighted by molar-refractivity contribution is 6.30. The van der Waals surface area contributed by atoms with Gasteiger partial charge in [0.05, 0.1) is 18.2 Å². The summed E-state index contributed by atoms with van der Waals surface area (Å²) in [6, 6.07) is 2.14. The van der Waals surface area contributed by atoms with E-state index in [1.165, 1.54) is 6.07 Å². The Kier molecular flexibility index (Phi) is 5.55. The number of rotatable bonds is 2. The number of hydrogen-bond acceptors (Lipinski definition) is 2. The second kappa shape index (κ2) is 5.72. The minimum absolute atomic E-state index is 0. The van der Waals surface area contributed by atoms with E-state index in [1.807, 2.05) is 0 Å². The zero-order chi connectivity index (χ0) is 11.6. The van der Waals surface area contributed by atoms with Gasteiger partial charge in [0.1, 0.15) is 0 Å². The second-order valence-electron chi connectivity index (χ2n) is 3.06. The molecule has 3 N–H and O–H groups in total. The van der Waals surface area contributed by atoms with E-state index in [0.29, 0.717) is 0 Å². The third-order valence-corrected chi connectivity index (χ3v) is 2.09. The second-order valence-corrected chi connectivity index (χ2v) is 3.50. The van der Waals surface area contributed by atoms with Gasteiger partial charge in [-0.05, 0) is 23.8 Å². The molecule has 0 saturated heterocycles. The van der Waals surface area contributed by atoms with E-state index in [0.717, 1.165) is 12.1 Å². The van der Waals surface area contributed by atoms with E-state index >= 15 is 0 Å². The van der Waals surface area contributed by atoms with Crippen LogP contribution in [0.2, 0.25) is 5.02 Å². The van der Waals surface area contributed by atoms with Crippen LogP contribution >= 0.6 is 24.0 Å². The van der Waals surface area contributed by atoms with Crippen LogP contribution in [0.15, 0.2) is 18.2 Å². The molecule has 0 bridgehead atoms. The Balaban J connectivity index is 0.00000225. The summed E-state index contributed by atoms with van der Waals surface area (Å²) in [5.41, 5.74) is 4.70. The normalized spacial score (nSPS) is 13.1. The van der Waals surface area contributed by atoms with Gasteiger partial charge in [-0.2, -0.15) is 13.2 Å². The summed E-state index contributed by atoms with van der Waals surface area (Å²) in [5, 5.41) is 8.67. The molecule has 0 aromatic heterocycles. The minimum atomic E-state index is -4.46. The molecule has 0 aliphatic carbocycles. The first-order valence-electron chi connectivity index (χ1n) is 4.08. The first kappa shape index (κ1) is 15.5. The molecule has 92 valence electrons. The smallest absolute Gasteiger partial charge is 0.394 e. The average Bonchev–Trinajstić information content (AvgIpc) is 2.14. The molecule has 1 aromatic carbocycles. The van der Waals surface area contributed by atoms with Crippen molar-refractivity contribution in [1.29, 1.82) is 0 Å². The van der Waals surface area contributed by atoms with E-state index in [9.17, 15) is 13.2 Å². The van der Waals surface area contributed by atoms with E-state index in [-0.39, 0.29) is 23.0 Å². The van der Waals surface area contributed by atoms with Gasteiger partial charge in [-0.15, -0.1) is 12.4 Å². The summed E-state index contributed by atoms with van der Waals surface area (Å²) in [5.74, 6) is 0. The van der Waals surface area contributed by atoms with Crippen molar-refractivity contribution in [1.82, 2.24) is 0 Å². The van der Waals surface area contributed by atoms with Crippen LogP contribution in [0.3, 0.4) is 0 Å². The molecule has 0 saturated carbocycles. The summed E-state index contributed by atoms with van der Waals surface area (Å²) in [6.07, 6.45) is -4.46. The van der Waals surface area contributed by atoms with Gasteiger partial charge in [-0.25, -0.2) is 0 Å². The van der Waals surface area contributed by atoms with Gasteiger partial charge in [0, 0.05) is 5.02 Å². The molecule has 0 heterocycles. The van der Waals surface area contributed by atoms with Crippen molar-refractivity contribution in [2.24, 2.45) is 5.73 Å². The van der Waals surface area contributed by atoms with Crippen LogP contribution in [0, 0.1) is 0 Å². The summed E-state index contributed by atoms with van der Waals surface area (Å²) in [7, 11) is 0. The molecule has 0 radical (unpaired) electrons. The average molecular weight is 276 g/mol. The Morgan fingerprint density at radius 3 is 2.31 bits per heavy atom. The number of halogens is 5. The Morgan fingerprint density at radius 1 is 1.31 bits per heavy atom. The molecule has 2 nitrogen and oxygen atoms in total. The van der Waals surface area contributed by atoms with Crippen molar-refractivity contribution >= 4 is 24.0 Å². The quantitative estimate of drug-likeness (QED) is 0.872. The van der Waals surface area contributed by atoms with Crippen LogP contribution in [-0.4, -0.2) is 11.7 Å². The Labute approximate surface area is 102 Å². The number of alkyl halides is 3. The predicted octanol–water partition coefficient (Wildman–Crippen LogP) is 2.77. The molecule has 0 aliphatic heterocycles. The van der Waals surface area contributed by atoms with Crippen LogP contribution in [-0.2, 0) is 6.18 Å². The molecule has 0 fully saturated rings. The SMILES string of the molecule is Cl.N[C@H](CO)c1cc(Cl)cc(C(F)(F)F)c1. The lowest BCUT2D eigenvalue weighted by molar-refractivity contribution is -0.137. The third kappa shape index (κ3) is 3.83. The lowest BCUT2D eigenvalue weighted by Crippen LogP contribution is -2.16. The fourth-order valence-corrected chi connectivity index (χ4v) is 1.34. The molecule has 1 rings (SSSR count). The molecule has 1 aromatic rings. The van der Waals surface area contributed by atoms with E-state index < -0.39 is 24.4 Å². The van der Waals surface area contributed by atoms with Crippen LogP contribution in [0.1, 0.15) is 17.2 Å². The van der Waals surface area contributed by atoms with Gasteiger partial charge in [0.25, 0.3) is 0 Å². The van der Waals surface area contributed by atoms with Crippen molar-refractivity contribution in [3.05, 3.63) is 34.3 Å². The van der Waals surface area contributed by atoms with Crippen molar-refractivity contribution in [3.8, 4) is 0 Å². The standard InChI is InChI=1S/C9H9ClF3NO.ClH/c10-7-2-5(8(14)4-15)1-6(3-7)9(11,12)13;/h1-3,8,15H,4,14H2;1H/t8-;/m1./s1. The van der Waals surface area contributed by atoms with E-state index in [4.69, 9.17) is 22.4 Å². The molecule has 0 spiro atoms. The van der Waals surface area contributed by atoms with Crippen LogP contribution in [0.25, 0.3) is 0 Å². The number of nitrogens with two attached hydrogens (primary N) is 1. The monoisotopic (exact) mass is 275 g/mol. The topological polar surface area (TPSA) is 46.2 Å². The van der Waals surface area contributed by atoms with E-state index in [1.54, 1.807) is 0 Å². The molecule has 0 aliphatic rings. The fourth-order valence-electron chi connectivity index (χ4n) is 1.10. The number of benzene rings is 1. The zero-order valence-corrected chi connectivity index (χ0v) is 9.53. The molecular weight excluding hydrogens is 266 g/mol. The molecule has 1 atom stereocenters. The number of hydrogen-bond donors (Lipinski definition) is 2.